The third kappa shape index (κ3) is 4.96. The summed E-state index contributed by atoms with van der Waals surface area (Å²) in [6.45, 7) is 2.04. The molecule has 0 radical (unpaired) electrons. The summed E-state index contributed by atoms with van der Waals surface area (Å²) in [5, 5.41) is 14.7. The van der Waals surface area contributed by atoms with Gasteiger partial charge in [-0.25, -0.2) is 0 Å². The lowest BCUT2D eigenvalue weighted by molar-refractivity contribution is -0.119. The van der Waals surface area contributed by atoms with Gasteiger partial charge in [0.15, 0.2) is 5.78 Å². The Kier molecular flexibility index (Phi) is 6.09. The summed E-state index contributed by atoms with van der Waals surface area (Å²) < 4.78 is 0. The van der Waals surface area contributed by atoms with Crippen molar-refractivity contribution >= 4 is 17.4 Å². The summed E-state index contributed by atoms with van der Waals surface area (Å²) in [7, 11) is 0. The van der Waals surface area contributed by atoms with Crippen LogP contribution in [0.25, 0.3) is 0 Å². The van der Waals surface area contributed by atoms with Crippen molar-refractivity contribution in [3.8, 4) is 6.07 Å². The SMILES string of the molecule is CC(=O)c1ccc(C#N)cc1NCC(=O)NCCc1ccccc1. The number of benzene rings is 2. The normalized spacial score (nSPS) is 9.83. The Hall–Kier alpha value is -3.13. The summed E-state index contributed by atoms with van der Waals surface area (Å²) in [5.74, 6) is -0.283. The second kappa shape index (κ2) is 8.49. The minimum Gasteiger partial charge on any atom is -0.376 e. The van der Waals surface area contributed by atoms with Crippen molar-refractivity contribution < 1.29 is 9.59 Å². The van der Waals surface area contributed by atoms with E-state index >= 15 is 0 Å². The number of nitriles is 1. The molecule has 2 rings (SSSR count). The van der Waals surface area contributed by atoms with Crippen molar-refractivity contribution in [3.63, 3.8) is 0 Å². The molecule has 0 unspecified atom stereocenters. The van der Waals surface area contributed by atoms with Gasteiger partial charge in [-0.2, -0.15) is 5.26 Å². The summed E-state index contributed by atoms with van der Waals surface area (Å²) in [6, 6.07) is 16.7. The molecule has 1 amide bonds. The maximum Gasteiger partial charge on any atom is 0.239 e. The van der Waals surface area contributed by atoms with Crippen molar-refractivity contribution in [1.82, 2.24) is 5.32 Å². The molecule has 0 saturated carbocycles. The number of hydrogen-bond donors (Lipinski definition) is 2. The molecule has 0 bridgehead atoms. The Morgan fingerprint density at radius 2 is 1.88 bits per heavy atom. The first kappa shape index (κ1) is 17.2. The van der Waals surface area contributed by atoms with Crippen molar-refractivity contribution in [2.45, 2.75) is 13.3 Å². The molecule has 0 aliphatic rings. The van der Waals surface area contributed by atoms with Gasteiger partial charge in [0.2, 0.25) is 5.91 Å². The lowest BCUT2D eigenvalue weighted by Crippen LogP contribution is -2.31. The molecular formula is C19H19N3O2. The fourth-order valence-corrected chi connectivity index (χ4v) is 2.30. The van der Waals surface area contributed by atoms with Crippen molar-refractivity contribution in [1.29, 1.82) is 5.26 Å². The highest BCUT2D eigenvalue weighted by atomic mass is 16.2. The first-order valence-corrected chi connectivity index (χ1v) is 7.69. The molecule has 5 heteroatoms. The zero-order valence-electron chi connectivity index (χ0n) is 13.5. The number of carbonyl (C=O) groups excluding carboxylic acids is 2. The van der Waals surface area contributed by atoms with E-state index in [2.05, 4.69) is 10.6 Å². The van der Waals surface area contributed by atoms with E-state index in [1.54, 1.807) is 18.2 Å². The second-order valence-electron chi connectivity index (χ2n) is 5.37. The molecule has 2 N–H and O–H groups in total. The van der Waals surface area contributed by atoms with Crippen LogP contribution in [0.1, 0.15) is 28.4 Å². The van der Waals surface area contributed by atoms with E-state index in [4.69, 9.17) is 5.26 Å². The number of nitrogens with zero attached hydrogens (tertiary/aromatic N) is 1. The molecule has 0 atom stereocenters. The zero-order valence-corrected chi connectivity index (χ0v) is 13.5. The number of amides is 1. The number of rotatable bonds is 7. The predicted molar refractivity (Wildman–Crippen MR) is 92.8 cm³/mol. The average molecular weight is 321 g/mol. The van der Waals surface area contributed by atoms with E-state index in [1.807, 2.05) is 36.4 Å². The Morgan fingerprint density at radius 1 is 1.12 bits per heavy atom. The lowest BCUT2D eigenvalue weighted by Gasteiger charge is -2.11. The van der Waals surface area contributed by atoms with Gasteiger partial charge in [-0.05, 0) is 37.1 Å². The van der Waals surface area contributed by atoms with E-state index in [-0.39, 0.29) is 18.2 Å². The summed E-state index contributed by atoms with van der Waals surface area (Å²) in [4.78, 5) is 23.5. The van der Waals surface area contributed by atoms with Gasteiger partial charge in [-0.1, -0.05) is 30.3 Å². The summed E-state index contributed by atoms with van der Waals surface area (Å²) in [6.07, 6.45) is 0.759. The molecule has 0 heterocycles. The smallest absolute Gasteiger partial charge is 0.239 e. The van der Waals surface area contributed by atoms with Crippen LogP contribution >= 0.6 is 0 Å². The highest BCUT2D eigenvalue weighted by Gasteiger charge is 2.09. The van der Waals surface area contributed by atoms with Crippen LogP contribution in [-0.4, -0.2) is 24.8 Å². The largest absolute Gasteiger partial charge is 0.376 e. The number of carbonyl (C=O) groups is 2. The number of ketones is 1. The van der Waals surface area contributed by atoms with Crippen molar-refractivity contribution in [3.05, 3.63) is 65.2 Å². The van der Waals surface area contributed by atoms with Gasteiger partial charge in [0.1, 0.15) is 0 Å². The molecule has 0 spiro atoms. The molecule has 5 nitrogen and oxygen atoms in total. The van der Waals surface area contributed by atoms with Crippen LogP contribution < -0.4 is 10.6 Å². The standard InChI is InChI=1S/C19H19N3O2/c1-14(23)17-8-7-16(12-20)11-18(17)22-13-19(24)21-10-9-15-5-3-2-4-6-15/h2-8,11,22H,9-10,13H2,1H3,(H,21,24). The summed E-state index contributed by atoms with van der Waals surface area (Å²) in [5.41, 5.74) is 2.56. The van der Waals surface area contributed by atoms with Gasteiger partial charge in [-0.15, -0.1) is 0 Å². The monoisotopic (exact) mass is 321 g/mol. The van der Waals surface area contributed by atoms with Crippen molar-refractivity contribution in [2.75, 3.05) is 18.4 Å². The second-order valence-corrected chi connectivity index (χ2v) is 5.37. The Labute approximate surface area is 141 Å². The van der Waals surface area contributed by atoms with Gasteiger partial charge < -0.3 is 10.6 Å². The quantitative estimate of drug-likeness (QED) is 0.768. The molecular weight excluding hydrogens is 302 g/mol. The maximum atomic E-state index is 11.9. The van der Waals surface area contributed by atoms with Crippen molar-refractivity contribution in [2.24, 2.45) is 0 Å². The summed E-state index contributed by atoms with van der Waals surface area (Å²) >= 11 is 0. The molecule has 2 aromatic carbocycles. The van der Waals surface area contributed by atoms with Gasteiger partial charge >= 0.3 is 0 Å². The van der Waals surface area contributed by atoms with Crippen LogP contribution in [0.15, 0.2) is 48.5 Å². The molecule has 24 heavy (non-hydrogen) atoms. The molecule has 0 aliphatic heterocycles. The highest BCUT2D eigenvalue weighted by Crippen LogP contribution is 2.18. The minimum atomic E-state index is -0.164. The van der Waals surface area contributed by atoms with Crippen LogP contribution in [0.2, 0.25) is 0 Å². The average Bonchev–Trinajstić information content (AvgIpc) is 2.60. The molecule has 122 valence electrons. The van der Waals surface area contributed by atoms with Crippen LogP contribution in [0.5, 0.6) is 0 Å². The molecule has 0 aromatic heterocycles. The van der Waals surface area contributed by atoms with Gasteiger partial charge in [0.05, 0.1) is 18.2 Å². The molecule has 0 aliphatic carbocycles. The third-order valence-electron chi connectivity index (χ3n) is 3.55. The third-order valence-corrected chi connectivity index (χ3v) is 3.55. The van der Waals surface area contributed by atoms with E-state index in [0.29, 0.717) is 23.4 Å². The first-order valence-electron chi connectivity index (χ1n) is 7.69. The van der Waals surface area contributed by atoms with Gasteiger partial charge in [-0.3, -0.25) is 9.59 Å². The Balaban J connectivity index is 1.87. The fourth-order valence-electron chi connectivity index (χ4n) is 2.30. The zero-order chi connectivity index (χ0) is 17.4. The van der Waals surface area contributed by atoms with E-state index < -0.39 is 0 Å². The number of Topliss-reactive ketones (excluding diaryl/α,β-unsaturated/α-hetero) is 1. The van der Waals surface area contributed by atoms with Crippen LogP contribution in [0.4, 0.5) is 5.69 Å². The van der Waals surface area contributed by atoms with Gasteiger partial charge in [0, 0.05) is 17.8 Å². The predicted octanol–water partition coefficient (Wildman–Crippen LogP) is 2.53. The minimum absolute atomic E-state index is 0.0456. The molecule has 0 fully saturated rings. The highest BCUT2D eigenvalue weighted by molar-refractivity contribution is 6.00. The van der Waals surface area contributed by atoms with Crippen LogP contribution in [-0.2, 0) is 11.2 Å². The fraction of sp³-hybridized carbons (Fsp3) is 0.211. The Morgan fingerprint density at radius 3 is 2.54 bits per heavy atom. The first-order chi connectivity index (χ1) is 11.6. The number of nitrogens with one attached hydrogen (secondary N) is 2. The van der Waals surface area contributed by atoms with E-state index in [9.17, 15) is 9.59 Å². The molecule has 2 aromatic rings. The number of hydrogen-bond acceptors (Lipinski definition) is 4. The topological polar surface area (TPSA) is 82.0 Å². The Bertz CT molecular complexity index is 764. The van der Waals surface area contributed by atoms with E-state index in [0.717, 1.165) is 12.0 Å². The van der Waals surface area contributed by atoms with Crippen LogP contribution in [0.3, 0.4) is 0 Å². The number of anilines is 1. The van der Waals surface area contributed by atoms with Crippen LogP contribution in [0, 0.1) is 11.3 Å². The van der Waals surface area contributed by atoms with E-state index in [1.165, 1.54) is 6.92 Å². The molecule has 0 saturated heterocycles. The van der Waals surface area contributed by atoms with Gasteiger partial charge in [0.25, 0.3) is 0 Å². The maximum absolute atomic E-state index is 11.9. The lowest BCUT2D eigenvalue weighted by atomic mass is 10.1.